The van der Waals surface area contributed by atoms with E-state index in [2.05, 4.69) is 10.6 Å². The predicted molar refractivity (Wildman–Crippen MR) is 82.4 cm³/mol. The Hall–Kier alpha value is -2.41. The zero-order chi connectivity index (χ0) is 16.6. The Kier molecular flexibility index (Phi) is 4.04. The van der Waals surface area contributed by atoms with E-state index in [-0.39, 0.29) is 29.1 Å². The lowest BCUT2D eigenvalue weighted by molar-refractivity contribution is -0.127. The third-order valence-corrected chi connectivity index (χ3v) is 4.46. The molecular weight excluding hydrogens is 298 g/mol. The van der Waals surface area contributed by atoms with Gasteiger partial charge in [-0.25, -0.2) is 0 Å². The Labute approximate surface area is 133 Å². The fourth-order valence-corrected chi connectivity index (χ4v) is 3.18. The van der Waals surface area contributed by atoms with Gasteiger partial charge in [0, 0.05) is 12.6 Å². The molecule has 2 heterocycles. The summed E-state index contributed by atoms with van der Waals surface area (Å²) in [6.07, 6.45) is 6.84. The van der Waals surface area contributed by atoms with Gasteiger partial charge in [-0.05, 0) is 26.1 Å². The number of carbonyl (C=O) groups is 3. The van der Waals surface area contributed by atoms with Crippen molar-refractivity contribution in [3.8, 4) is 0 Å². The van der Waals surface area contributed by atoms with Crippen LogP contribution in [0.1, 0.15) is 6.42 Å². The number of aliphatic hydroxyl groups excluding tert-OH is 1. The second kappa shape index (κ2) is 6.00. The molecule has 23 heavy (non-hydrogen) atoms. The van der Waals surface area contributed by atoms with E-state index in [1.807, 2.05) is 11.9 Å². The maximum Gasteiger partial charge on any atom is 0.261 e. The molecule has 3 aliphatic rings. The largest absolute Gasteiger partial charge is 0.511 e. The van der Waals surface area contributed by atoms with E-state index >= 15 is 0 Å². The van der Waals surface area contributed by atoms with Gasteiger partial charge in [0.1, 0.15) is 17.4 Å². The van der Waals surface area contributed by atoms with Crippen LogP contribution >= 0.6 is 0 Å². The number of likely N-dealkylation sites (tertiary alicyclic amines) is 1. The maximum absolute atomic E-state index is 12.4. The first-order chi connectivity index (χ1) is 11.0. The lowest BCUT2D eigenvalue weighted by Gasteiger charge is -2.39. The number of hydrogen-bond acceptors (Lipinski definition) is 5. The van der Waals surface area contributed by atoms with Gasteiger partial charge < -0.3 is 20.6 Å². The molecule has 1 aliphatic carbocycles. The van der Waals surface area contributed by atoms with E-state index in [1.54, 1.807) is 12.2 Å². The van der Waals surface area contributed by atoms with Gasteiger partial charge in [0.25, 0.3) is 11.8 Å². The van der Waals surface area contributed by atoms with E-state index in [1.165, 1.54) is 12.2 Å². The highest BCUT2D eigenvalue weighted by Gasteiger charge is 2.41. The Morgan fingerprint density at radius 1 is 1.39 bits per heavy atom. The van der Waals surface area contributed by atoms with Gasteiger partial charge in [-0.2, -0.15) is 0 Å². The molecule has 1 saturated heterocycles. The summed E-state index contributed by atoms with van der Waals surface area (Å²) in [4.78, 5) is 38.3. The third kappa shape index (κ3) is 2.92. The fourth-order valence-electron chi connectivity index (χ4n) is 3.18. The van der Waals surface area contributed by atoms with E-state index < -0.39 is 17.9 Å². The van der Waals surface area contributed by atoms with Crippen molar-refractivity contribution in [2.45, 2.75) is 18.5 Å². The molecule has 0 aromatic carbocycles. The molecule has 0 spiro atoms. The summed E-state index contributed by atoms with van der Waals surface area (Å²) in [5.41, 5.74) is -0.294. The van der Waals surface area contributed by atoms with E-state index in [4.69, 9.17) is 0 Å². The number of carbonyl (C=O) groups excluding carboxylic acids is 3. The second-order valence-electron chi connectivity index (χ2n) is 6.10. The minimum Gasteiger partial charge on any atom is -0.511 e. The third-order valence-electron chi connectivity index (χ3n) is 4.46. The average molecular weight is 317 g/mol. The number of allylic oxidation sites excluding steroid dienone is 2. The molecule has 0 aromatic rings. The monoisotopic (exact) mass is 317 g/mol. The van der Waals surface area contributed by atoms with Crippen LogP contribution < -0.4 is 10.6 Å². The van der Waals surface area contributed by atoms with Gasteiger partial charge in [-0.3, -0.25) is 14.4 Å². The van der Waals surface area contributed by atoms with Gasteiger partial charge in [0.2, 0.25) is 0 Å². The molecule has 7 nitrogen and oxygen atoms in total. The summed E-state index contributed by atoms with van der Waals surface area (Å²) in [5, 5.41) is 15.7. The summed E-state index contributed by atoms with van der Waals surface area (Å²) in [5.74, 6) is -2.08. The molecule has 1 fully saturated rings. The summed E-state index contributed by atoms with van der Waals surface area (Å²) in [7, 11) is 1.93. The van der Waals surface area contributed by atoms with Crippen molar-refractivity contribution in [2.75, 3.05) is 20.1 Å². The van der Waals surface area contributed by atoms with Crippen LogP contribution in [0.25, 0.3) is 0 Å². The van der Waals surface area contributed by atoms with Gasteiger partial charge >= 0.3 is 0 Å². The summed E-state index contributed by atoms with van der Waals surface area (Å²) < 4.78 is 0. The molecule has 2 amide bonds. The van der Waals surface area contributed by atoms with Crippen LogP contribution in [0.2, 0.25) is 0 Å². The van der Waals surface area contributed by atoms with Gasteiger partial charge in [-0.15, -0.1) is 0 Å². The minimum absolute atomic E-state index is 0.158. The topological polar surface area (TPSA) is 98.7 Å². The summed E-state index contributed by atoms with van der Waals surface area (Å²) >= 11 is 0. The van der Waals surface area contributed by atoms with Crippen LogP contribution in [-0.2, 0) is 14.4 Å². The van der Waals surface area contributed by atoms with E-state index in [0.29, 0.717) is 6.54 Å². The Balaban J connectivity index is 1.82. The SMILES string of the molecule is CN1CCC2NC(=O)C(C(=O)NC3C=CC=CC3=O)=C(O)C2C1. The molecule has 0 radical (unpaired) electrons. The van der Waals surface area contributed by atoms with Crippen LogP contribution in [0.3, 0.4) is 0 Å². The molecule has 3 unspecified atom stereocenters. The Morgan fingerprint density at radius 2 is 2.17 bits per heavy atom. The van der Waals surface area contributed by atoms with Crippen LogP contribution in [-0.4, -0.2) is 59.8 Å². The second-order valence-corrected chi connectivity index (χ2v) is 6.10. The summed E-state index contributed by atoms with van der Waals surface area (Å²) in [6, 6.07) is -0.971. The van der Waals surface area contributed by atoms with E-state index in [0.717, 1.165) is 13.0 Å². The molecule has 3 atom stereocenters. The number of aliphatic hydroxyl groups is 1. The number of hydrogen-bond donors (Lipinski definition) is 3. The van der Waals surface area contributed by atoms with Gasteiger partial charge in [0.05, 0.1) is 5.92 Å². The quantitative estimate of drug-likeness (QED) is 0.592. The standard InChI is InChI=1S/C16H19N3O4/c1-19-7-6-10-9(8-19)14(21)13(15(22)17-10)16(23)18-11-4-2-3-5-12(11)20/h2-5,9-11,21H,6-8H2,1H3,(H,17,22)(H,18,23). The molecule has 0 bridgehead atoms. The highest BCUT2D eigenvalue weighted by atomic mass is 16.3. The molecule has 7 heteroatoms. The van der Waals surface area contributed by atoms with Crippen molar-refractivity contribution in [3.63, 3.8) is 0 Å². The lowest BCUT2D eigenvalue weighted by atomic mass is 9.85. The highest BCUT2D eigenvalue weighted by Crippen LogP contribution is 2.28. The minimum atomic E-state index is -0.813. The predicted octanol–water partition coefficient (Wildman–Crippen LogP) is -0.571. The van der Waals surface area contributed by atoms with Crippen molar-refractivity contribution in [1.82, 2.24) is 15.5 Å². The maximum atomic E-state index is 12.4. The first kappa shape index (κ1) is 15.5. The zero-order valence-corrected chi connectivity index (χ0v) is 12.8. The number of amides is 2. The average Bonchev–Trinajstić information content (AvgIpc) is 2.50. The molecule has 2 aliphatic heterocycles. The van der Waals surface area contributed by atoms with Crippen molar-refractivity contribution in [3.05, 3.63) is 35.6 Å². The normalized spacial score (nSPS) is 30.9. The van der Waals surface area contributed by atoms with Crippen LogP contribution in [0.4, 0.5) is 0 Å². The fraction of sp³-hybridized carbons (Fsp3) is 0.438. The molecular formula is C16H19N3O4. The van der Waals surface area contributed by atoms with Crippen LogP contribution in [0.5, 0.6) is 0 Å². The van der Waals surface area contributed by atoms with E-state index in [9.17, 15) is 19.5 Å². The number of piperidine rings is 1. The van der Waals surface area contributed by atoms with Crippen molar-refractivity contribution in [2.24, 2.45) is 5.92 Å². The first-order valence-electron chi connectivity index (χ1n) is 7.59. The van der Waals surface area contributed by atoms with Crippen LogP contribution in [0, 0.1) is 5.92 Å². The Bertz CT molecular complexity index is 650. The molecule has 0 aromatic heterocycles. The number of nitrogens with one attached hydrogen (secondary N) is 2. The van der Waals surface area contributed by atoms with Crippen molar-refractivity contribution < 1.29 is 19.5 Å². The molecule has 3 N–H and O–H groups in total. The molecule has 3 rings (SSSR count). The summed E-state index contributed by atoms with van der Waals surface area (Å²) in [6.45, 7) is 1.39. The van der Waals surface area contributed by atoms with Crippen molar-refractivity contribution >= 4 is 17.6 Å². The number of fused-ring (bicyclic) bond motifs is 1. The Morgan fingerprint density at radius 3 is 2.91 bits per heavy atom. The smallest absolute Gasteiger partial charge is 0.261 e. The van der Waals surface area contributed by atoms with Crippen LogP contribution in [0.15, 0.2) is 35.6 Å². The highest BCUT2D eigenvalue weighted by molar-refractivity contribution is 6.20. The zero-order valence-electron chi connectivity index (χ0n) is 12.8. The first-order valence-corrected chi connectivity index (χ1v) is 7.59. The number of rotatable bonds is 2. The van der Waals surface area contributed by atoms with Crippen molar-refractivity contribution in [1.29, 1.82) is 0 Å². The van der Waals surface area contributed by atoms with Gasteiger partial charge in [-0.1, -0.05) is 18.2 Å². The lowest BCUT2D eigenvalue weighted by Crippen LogP contribution is -2.56. The number of ketones is 1. The van der Waals surface area contributed by atoms with Gasteiger partial charge in [0.15, 0.2) is 5.78 Å². The molecule has 0 saturated carbocycles. The molecule has 122 valence electrons. The number of nitrogens with zero attached hydrogens (tertiary/aromatic N) is 1.